The highest BCUT2D eigenvalue weighted by Gasteiger charge is 2.39. The highest BCUT2D eigenvalue weighted by atomic mass is 16.6. The monoisotopic (exact) mass is 486 g/mol. The Kier molecular flexibility index (Phi) is 10.4. The second-order valence-electron chi connectivity index (χ2n) is 9.33. The van der Waals surface area contributed by atoms with Gasteiger partial charge in [0.15, 0.2) is 5.60 Å². The van der Waals surface area contributed by atoms with E-state index in [2.05, 4.69) is 0 Å². The van der Waals surface area contributed by atoms with Crippen molar-refractivity contribution in [2.45, 2.75) is 64.4 Å². The van der Waals surface area contributed by atoms with Gasteiger partial charge in [0.25, 0.3) is 0 Å². The van der Waals surface area contributed by atoms with E-state index in [0.29, 0.717) is 5.56 Å². The second kappa shape index (κ2) is 13.0. The predicted octanol–water partition coefficient (Wildman–Crippen LogP) is 3.84. The number of carbonyl (C=O) groups excluding carboxylic acids is 3. The first-order valence-electron chi connectivity index (χ1n) is 11.4. The number of ether oxygens (including phenoxy) is 4. The molecule has 0 saturated heterocycles. The van der Waals surface area contributed by atoms with Crippen LogP contribution in [0.25, 0.3) is 0 Å². The molecule has 1 N–H and O–H groups in total. The lowest BCUT2D eigenvalue weighted by Gasteiger charge is -2.33. The summed E-state index contributed by atoms with van der Waals surface area (Å²) in [7, 11) is 0. The van der Waals surface area contributed by atoms with Crippen molar-refractivity contribution in [3.05, 3.63) is 71.8 Å². The number of rotatable bonds is 12. The normalized spacial score (nSPS) is 13.9. The molecule has 0 unspecified atom stereocenters. The Balaban J connectivity index is 2.00. The highest BCUT2D eigenvalue weighted by Crippen LogP contribution is 2.21. The summed E-state index contributed by atoms with van der Waals surface area (Å²) in [5, 5.41) is 10.8. The van der Waals surface area contributed by atoms with Crippen molar-refractivity contribution in [2.75, 3.05) is 13.2 Å². The lowest BCUT2D eigenvalue weighted by Crippen LogP contribution is -2.50. The standard InChI is InChI=1S/C27H34O8/c1-26(2,3)34-23(29)15-16-24(30)35-27(4,19-32-17-20-11-7-5-8-12-20)22(28)18-33-25(31)21-13-9-6-10-14-21/h5-14,22,28H,15-19H2,1-4H3/t22-,27+/m0/s1. The Hall–Kier alpha value is -3.23. The number of benzene rings is 2. The van der Waals surface area contributed by atoms with Gasteiger partial charge in [-0.1, -0.05) is 48.5 Å². The van der Waals surface area contributed by atoms with Gasteiger partial charge in [0.05, 0.1) is 31.6 Å². The van der Waals surface area contributed by atoms with Crippen LogP contribution in [0.4, 0.5) is 0 Å². The Bertz CT molecular complexity index is 952. The summed E-state index contributed by atoms with van der Waals surface area (Å²) in [6.07, 6.45) is -1.79. The van der Waals surface area contributed by atoms with Crippen LogP contribution in [0.2, 0.25) is 0 Å². The fraction of sp³-hybridized carbons (Fsp3) is 0.444. The van der Waals surface area contributed by atoms with Crippen molar-refractivity contribution in [3.8, 4) is 0 Å². The summed E-state index contributed by atoms with van der Waals surface area (Å²) >= 11 is 0. The summed E-state index contributed by atoms with van der Waals surface area (Å²) < 4.78 is 21.7. The van der Waals surface area contributed by atoms with E-state index < -0.39 is 41.8 Å². The highest BCUT2D eigenvalue weighted by molar-refractivity contribution is 5.89. The largest absolute Gasteiger partial charge is 0.460 e. The Morgan fingerprint density at radius 2 is 1.37 bits per heavy atom. The first-order valence-corrected chi connectivity index (χ1v) is 11.4. The van der Waals surface area contributed by atoms with Crippen molar-refractivity contribution in [1.29, 1.82) is 0 Å². The molecule has 0 bridgehead atoms. The molecule has 2 aromatic carbocycles. The van der Waals surface area contributed by atoms with Gasteiger partial charge in [0.2, 0.25) is 0 Å². The number of esters is 3. The summed E-state index contributed by atoms with van der Waals surface area (Å²) in [5.74, 6) is -1.86. The summed E-state index contributed by atoms with van der Waals surface area (Å²) in [6, 6.07) is 17.7. The van der Waals surface area contributed by atoms with Crippen molar-refractivity contribution < 1.29 is 38.4 Å². The number of aliphatic hydroxyl groups excluding tert-OH is 1. The molecule has 0 aliphatic heterocycles. The maximum Gasteiger partial charge on any atom is 0.338 e. The average molecular weight is 487 g/mol. The number of carbonyl (C=O) groups is 3. The van der Waals surface area contributed by atoms with E-state index in [0.717, 1.165) is 5.56 Å². The van der Waals surface area contributed by atoms with Crippen LogP contribution in [0.3, 0.4) is 0 Å². The molecule has 0 aromatic heterocycles. The van der Waals surface area contributed by atoms with Crippen LogP contribution in [-0.4, -0.2) is 53.5 Å². The fourth-order valence-corrected chi connectivity index (χ4v) is 3.04. The molecule has 2 atom stereocenters. The van der Waals surface area contributed by atoms with Crippen LogP contribution in [0.5, 0.6) is 0 Å². The van der Waals surface area contributed by atoms with Crippen molar-refractivity contribution >= 4 is 17.9 Å². The zero-order valence-corrected chi connectivity index (χ0v) is 20.7. The van der Waals surface area contributed by atoms with Gasteiger partial charge in [-0.3, -0.25) is 9.59 Å². The second-order valence-corrected chi connectivity index (χ2v) is 9.33. The van der Waals surface area contributed by atoms with E-state index in [1.54, 1.807) is 51.1 Å². The molecular formula is C27H34O8. The first kappa shape index (κ1) is 28.0. The van der Waals surface area contributed by atoms with E-state index in [-0.39, 0.29) is 26.1 Å². The first-order chi connectivity index (χ1) is 16.5. The van der Waals surface area contributed by atoms with Crippen molar-refractivity contribution in [2.24, 2.45) is 0 Å². The molecule has 0 aliphatic rings. The predicted molar refractivity (Wildman–Crippen MR) is 128 cm³/mol. The third-order valence-corrected chi connectivity index (χ3v) is 4.89. The fourth-order valence-electron chi connectivity index (χ4n) is 3.04. The molecule has 0 aliphatic carbocycles. The van der Waals surface area contributed by atoms with Crippen molar-refractivity contribution in [1.82, 2.24) is 0 Å². The van der Waals surface area contributed by atoms with Crippen molar-refractivity contribution in [3.63, 3.8) is 0 Å². The van der Waals surface area contributed by atoms with Gasteiger partial charge in [-0.2, -0.15) is 0 Å². The minimum absolute atomic E-state index is 0.163. The third kappa shape index (κ3) is 10.3. The molecule has 0 saturated carbocycles. The minimum Gasteiger partial charge on any atom is -0.460 e. The van der Waals surface area contributed by atoms with Crippen LogP contribution in [0.15, 0.2) is 60.7 Å². The van der Waals surface area contributed by atoms with Gasteiger partial charge in [0, 0.05) is 0 Å². The van der Waals surface area contributed by atoms with Crippen LogP contribution in [0.1, 0.15) is 56.5 Å². The quantitative estimate of drug-likeness (QED) is 0.356. The number of hydrogen-bond donors (Lipinski definition) is 1. The maximum absolute atomic E-state index is 12.5. The summed E-state index contributed by atoms with van der Waals surface area (Å²) in [5.41, 5.74) is -0.969. The third-order valence-electron chi connectivity index (χ3n) is 4.89. The van der Waals surface area contributed by atoms with E-state index >= 15 is 0 Å². The zero-order valence-electron chi connectivity index (χ0n) is 20.7. The molecule has 2 rings (SSSR count). The van der Waals surface area contributed by atoms with Gasteiger partial charge in [0.1, 0.15) is 18.3 Å². The zero-order chi connectivity index (χ0) is 25.9. The molecule has 2 aromatic rings. The van der Waals surface area contributed by atoms with Gasteiger partial charge < -0.3 is 24.1 Å². The molecule has 0 amide bonds. The minimum atomic E-state index is -1.53. The number of hydrogen-bond acceptors (Lipinski definition) is 8. The van der Waals surface area contributed by atoms with E-state index in [4.69, 9.17) is 18.9 Å². The smallest absolute Gasteiger partial charge is 0.338 e. The molecule has 0 spiro atoms. The molecule has 0 heterocycles. The van der Waals surface area contributed by atoms with E-state index in [9.17, 15) is 19.5 Å². The number of aliphatic hydroxyl groups is 1. The molecule has 35 heavy (non-hydrogen) atoms. The van der Waals surface area contributed by atoms with E-state index in [1.165, 1.54) is 6.92 Å². The van der Waals surface area contributed by atoms with Gasteiger partial charge in [-0.15, -0.1) is 0 Å². The van der Waals surface area contributed by atoms with Crippen LogP contribution < -0.4 is 0 Å². The Labute approximate surface area is 206 Å². The van der Waals surface area contributed by atoms with Crippen LogP contribution >= 0.6 is 0 Å². The van der Waals surface area contributed by atoms with E-state index in [1.807, 2.05) is 30.3 Å². The van der Waals surface area contributed by atoms with Gasteiger partial charge in [-0.05, 0) is 45.4 Å². The molecular weight excluding hydrogens is 452 g/mol. The molecule has 0 radical (unpaired) electrons. The maximum atomic E-state index is 12.5. The molecule has 190 valence electrons. The van der Waals surface area contributed by atoms with Crippen LogP contribution in [0, 0.1) is 0 Å². The molecule has 8 nitrogen and oxygen atoms in total. The molecule has 0 fully saturated rings. The van der Waals surface area contributed by atoms with Gasteiger partial charge >= 0.3 is 17.9 Å². The SMILES string of the molecule is CC(C)(C)OC(=O)CCC(=O)O[C@](C)(COCc1ccccc1)[C@@H](O)COC(=O)c1ccccc1. The average Bonchev–Trinajstić information content (AvgIpc) is 2.81. The summed E-state index contributed by atoms with van der Waals surface area (Å²) in [6.45, 7) is 6.33. The summed E-state index contributed by atoms with van der Waals surface area (Å²) in [4.78, 5) is 36.7. The molecule has 8 heteroatoms. The Morgan fingerprint density at radius 1 is 0.829 bits per heavy atom. The lowest BCUT2D eigenvalue weighted by atomic mass is 10.00. The topological polar surface area (TPSA) is 108 Å². The Morgan fingerprint density at radius 3 is 1.94 bits per heavy atom. The van der Waals surface area contributed by atoms with Crippen LogP contribution in [-0.2, 0) is 35.1 Å². The lowest BCUT2D eigenvalue weighted by molar-refractivity contribution is -0.187. The van der Waals surface area contributed by atoms with Gasteiger partial charge in [-0.25, -0.2) is 4.79 Å².